The van der Waals surface area contributed by atoms with E-state index in [1.807, 2.05) is 39.0 Å². The Bertz CT molecular complexity index is 2480. The van der Waals surface area contributed by atoms with Crippen LogP contribution in [0.15, 0.2) is 73.4 Å². The number of aryl methyl sites for hydroxylation is 1. The number of cyclic esters (lactones) is 1. The molecular weight excluding hydrogens is 825 g/mol. The number of aliphatic hydroxyl groups excluding tert-OH is 1. The molecule has 6 bridgehead atoms. The first kappa shape index (κ1) is 46.1. The molecule has 3 amide bonds. The number of hydrazine groups is 1. The number of rotatable bonds is 9. The number of aliphatic hydroxyl groups is 1. The molecule has 346 valence electrons. The highest BCUT2D eigenvalue weighted by atomic mass is 16.5. The first-order valence-corrected chi connectivity index (χ1v) is 23.0. The highest BCUT2D eigenvalue weighted by Crippen LogP contribution is 2.42. The van der Waals surface area contributed by atoms with E-state index in [1.54, 1.807) is 23.1 Å². The van der Waals surface area contributed by atoms with Gasteiger partial charge in [-0.05, 0) is 91.6 Å². The zero-order chi connectivity index (χ0) is 46.4. The van der Waals surface area contributed by atoms with E-state index >= 15 is 0 Å². The molecule has 2 aromatic heterocycles. The van der Waals surface area contributed by atoms with Gasteiger partial charge in [0, 0.05) is 67.8 Å². The van der Waals surface area contributed by atoms with Crippen molar-refractivity contribution < 1.29 is 33.8 Å². The monoisotopic (exact) mass is 888 g/mol. The fraction of sp³-hybridized carbons (Fsp3) is 0.500. The molecule has 2 aromatic carbocycles. The molecule has 0 saturated carbocycles. The molecule has 8 rings (SSSR count). The highest BCUT2D eigenvalue weighted by molar-refractivity contribution is 5.96. The number of benzene rings is 2. The zero-order valence-corrected chi connectivity index (χ0v) is 38.7. The van der Waals surface area contributed by atoms with Crippen molar-refractivity contribution in [3.05, 3.63) is 90.3 Å². The van der Waals surface area contributed by atoms with Gasteiger partial charge in [-0.25, -0.2) is 5.43 Å². The van der Waals surface area contributed by atoms with Gasteiger partial charge >= 0.3 is 5.97 Å². The lowest BCUT2D eigenvalue weighted by atomic mass is 9.84. The van der Waals surface area contributed by atoms with E-state index < -0.39 is 47.2 Å². The van der Waals surface area contributed by atoms with Crippen LogP contribution in [0.1, 0.15) is 77.3 Å². The second kappa shape index (κ2) is 18.4. The number of hydrogen-bond donors (Lipinski definition) is 4. The van der Waals surface area contributed by atoms with Gasteiger partial charge in [0.1, 0.15) is 18.3 Å². The van der Waals surface area contributed by atoms with E-state index in [9.17, 15) is 24.3 Å². The molecule has 0 aliphatic carbocycles. The molecule has 3 fully saturated rings. The second-order valence-electron chi connectivity index (χ2n) is 19.3. The largest absolute Gasteiger partial charge is 0.464 e. The minimum Gasteiger partial charge on any atom is -0.464 e. The average Bonchev–Trinajstić information content (AvgIpc) is 3.79. The molecule has 65 heavy (non-hydrogen) atoms. The van der Waals surface area contributed by atoms with Crippen LogP contribution >= 0.6 is 0 Å². The summed E-state index contributed by atoms with van der Waals surface area (Å²) in [5, 5.41) is 20.7. The molecular formula is C50H64N8O7. The van der Waals surface area contributed by atoms with E-state index in [2.05, 4.69) is 84.4 Å². The summed E-state index contributed by atoms with van der Waals surface area (Å²) in [6.07, 6.45) is 3.53. The number of carbonyl (C=O) groups is 4. The van der Waals surface area contributed by atoms with Crippen molar-refractivity contribution in [2.75, 3.05) is 40.0 Å². The van der Waals surface area contributed by atoms with Crippen LogP contribution in [0.2, 0.25) is 0 Å². The summed E-state index contributed by atoms with van der Waals surface area (Å²) in [4.78, 5) is 63.7. The lowest BCUT2D eigenvalue weighted by molar-refractivity contribution is -0.155. The number of nitrogens with one attached hydrogen (secondary N) is 3. The molecule has 4 aliphatic heterocycles. The van der Waals surface area contributed by atoms with Gasteiger partial charge in [0.25, 0.3) is 5.91 Å². The lowest BCUT2D eigenvalue weighted by Crippen LogP contribution is -2.73. The standard InChI is InChI=1S/C50H64N8O7/c1-9-41(59)55-26-50(27-55)48(63)57(29-52-50)43(30(3)4)45(60)53-39-23-32-14-11-15-33(22-32)34-18-19-40-36(24-34)37(44(56(40)10-2)35-16-12-20-51-42(35)31(5)64-8)25-49(6,7)28-65-47(62)38-17-13-21-58(54-38)46(39)61/h9,11-12,14-16,18-20,22,24,30-31,38-39,43,48,52,54,63H,1,10,13,17,21,23,25-29H2,2-8H3,(H,53,60)/t31-,38-,39-,43-,48?/m0/s1. The second-order valence-corrected chi connectivity index (χ2v) is 19.3. The summed E-state index contributed by atoms with van der Waals surface area (Å²) in [5.41, 5.74) is 9.75. The van der Waals surface area contributed by atoms with Crippen LogP contribution in [0.5, 0.6) is 0 Å². The minimum absolute atomic E-state index is 0.142. The normalized spacial score (nSPS) is 23.2. The third kappa shape index (κ3) is 8.84. The smallest absolute Gasteiger partial charge is 0.324 e. The van der Waals surface area contributed by atoms with Crippen molar-refractivity contribution in [3.8, 4) is 22.4 Å². The summed E-state index contributed by atoms with van der Waals surface area (Å²) < 4.78 is 14.3. The Labute approximate surface area is 381 Å². The fourth-order valence-corrected chi connectivity index (χ4v) is 10.3. The maximum Gasteiger partial charge on any atom is 0.324 e. The minimum atomic E-state index is -1.06. The van der Waals surface area contributed by atoms with Crippen LogP contribution in [0, 0.1) is 11.3 Å². The number of aromatic nitrogens is 2. The number of methoxy groups -OCH3 is 1. The van der Waals surface area contributed by atoms with Crippen LogP contribution in [0.25, 0.3) is 33.3 Å². The molecule has 4 aliphatic rings. The summed E-state index contributed by atoms with van der Waals surface area (Å²) in [6, 6.07) is 16.1. The first-order valence-electron chi connectivity index (χ1n) is 23.0. The van der Waals surface area contributed by atoms with E-state index in [4.69, 9.17) is 14.5 Å². The Kier molecular flexibility index (Phi) is 13.1. The first-order chi connectivity index (χ1) is 31.1. The zero-order valence-electron chi connectivity index (χ0n) is 38.7. The van der Waals surface area contributed by atoms with Crippen molar-refractivity contribution in [1.82, 2.24) is 40.4 Å². The van der Waals surface area contributed by atoms with E-state index in [1.165, 1.54) is 11.1 Å². The van der Waals surface area contributed by atoms with Gasteiger partial charge in [0.15, 0.2) is 0 Å². The van der Waals surface area contributed by atoms with Gasteiger partial charge in [-0.3, -0.25) is 39.4 Å². The Morgan fingerprint density at radius 3 is 2.58 bits per heavy atom. The number of pyridine rings is 1. The predicted octanol–water partition coefficient (Wildman–Crippen LogP) is 4.72. The third-order valence-electron chi connectivity index (χ3n) is 13.7. The summed E-state index contributed by atoms with van der Waals surface area (Å²) in [6.45, 7) is 17.7. The number of amides is 3. The number of esters is 1. The van der Waals surface area contributed by atoms with Gasteiger partial charge < -0.3 is 29.4 Å². The van der Waals surface area contributed by atoms with Crippen molar-refractivity contribution in [2.45, 2.75) is 110 Å². The van der Waals surface area contributed by atoms with E-state index in [-0.39, 0.29) is 56.6 Å². The van der Waals surface area contributed by atoms with E-state index in [0.717, 1.165) is 50.1 Å². The SMILES string of the molecule is C=CC(=O)N1CC2(C1)NCN([C@H](C(=O)N[C@H]1Cc3cccc(c3)-c3ccc4c(c3)c(c(-c3cccnc3[C@H](C)OC)n4CC)CC(C)(C)COC(=O)[C@@H]3CCCN(N3)C1=O)C(C)C)C2O. The highest BCUT2D eigenvalue weighted by Gasteiger charge is 2.57. The van der Waals surface area contributed by atoms with Crippen LogP contribution in [0.3, 0.4) is 0 Å². The Morgan fingerprint density at radius 1 is 1.09 bits per heavy atom. The molecule has 6 heterocycles. The summed E-state index contributed by atoms with van der Waals surface area (Å²) >= 11 is 0. The molecule has 4 N–H and O–H groups in total. The van der Waals surface area contributed by atoms with Gasteiger partial charge in [0.05, 0.1) is 42.3 Å². The number of hydrogen-bond acceptors (Lipinski definition) is 11. The fourth-order valence-electron chi connectivity index (χ4n) is 10.3. The van der Waals surface area contributed by atoms with Gasteiger partial charge in [0.2, 0.25) is 11.8 Å². The average molecular weight is 889 g/mol. The molecule has 4 aromatic rings. The maximum atomic E-state index is 14.7. The van der Waals surface area contributed by atoms with Crippen LogP contribution < -0.4 is 16.1 Å². The molecule has 1 spiro atoms. The number of ether oxygens (including phenoxy) is 2. The third-order valence-corrected chi connectivity index (χ3v) is 13.7. The number of nitrogens with zero attached hydrogens (tertiary/aromatic N) is 5. The van der Waals surface area contributed by atoms with Gasteiger partial charge in [-0.1, -0.05) is 64.6 Å². The molecule has 3 saturated heterocycles. The van der Waals surface area contributed by atoms with Crippen molar-refractivity contribution in [3.63, 3.8) is 0 Å². The number of fused-ring (bicyclic) bond motifs is 6. The molecule has 1 unspecified atom stereocenters. The number of likely N-dealkylation sites (tertiary alicyclic amines) is 1. The molecule has 0 radical (unpaired) electrons. The van der Waals surface area contributed by atoms with Crippen molar-refractivity contribution in [2.24, 2.45) is 11.3 Å². The lowest BCUT2D eigenvalue weighted by Gasteiger charge is -2.50. The molecule has 15 nitrogen and oxygen atoms in total. The molecule has 5 atom stereocenters. The van der Waals surface area contributed by atoms with Crippen LogP contribution in [0.4, 0.5) is 0 Å². The van der Waals surface area contributed by atoms with E-state index in [0.29, 0.717) is 32.4 Å². The van der Waals surface area contributed by atoms with Gasteiger partial charge in [-0.15, -0.1) is 0 Å². The predicted molar refractivity (Wildman–Crippen MR) is 248 cm³/mol. The Balaban J connectivity index is 1.18. The molecule has 15 heteroatoms. The van der Waals surface area contributed by atoms with Crippen molar-refractivity contribution in [1.29, 1.82) is 0 Å². The van der Waals surface area contributed by atoms with Gasteiger partial charge in [-0.2, -0.15) is 0 Å². The van der Waals surface area contributed by atoms with Crippen LogP contribution in [-0.4, -0.2) is 123 Å². The Hall–Kier alpha value is -5.45. The maximum absolute atomic E-state index is 14.7. The topological polar surface area (TPSA) is 171 Å². The summed E-state index contributed by atoms with van der Waals surface area (Å²) in [7, 11) is 1.69. The van der Waals surface area contributed by atoms with Crippen molar-refractivity contribution >= 4 is 34.6 Å². The Morgan fingerprint density at radius 2 is 1.86 bits per heavy atom. The number of carbonyl (C=O) groups excluding carboxylic acids is 4. The quantitative estimate of drug-likeness (QED) is 0.136. The summed E-state index contributed by atoms with van der Waals surface area (Å²) in [5.74, 6) is -1.70. The van der Waals surface area contributed by atoms with Crippen LogP contribution in [-0.2, 0) is 48.0 Å².